The van der Waals surface area contributed by atoms with Gasteiger partial charge in [0.15, 0.2) is 0 Å². The first kappa shape index (κ1) is 17.4. The molecule has 0 unspecified atom stereocenters. The molecule has 0 saturated heterocycles. The Morgan fingerprint density at radius 2 is 2.09 bits per heavy atom. The number of carbonyl (C=O) groups excluding carboxylic acids is 1. The summed E-state index contributed by atoms with van der Waals surface area (Å²) in [6.45, 7) is 4.04. The summed E-state index contributed by atoms with van der Waals surface area (Å²) in [5.74, 6) is 1.79. The standard InChI is InChI=1S/C18H18ClNO2S/c1-2-9-22-17-8-4-7-16(11-17)20-18(21)13-23-12-14-5-3-6-15(19)10-14/h2-8,10-11H,1,9,12-13H2,(H,20,21). The van der Waals surface area contributed by atoms with E-state index in [0.29, 0.717) is 23.1 Å². The molecule has 0 saturated carbocycles. The number of hydrogen-bond donors (Lipinski definition) is 1. The molecule has 2 aromatic rings. The first-order valence-corrected chi connectivity index (χ1v) is 8.66. The maximum absolute atomic E-state index is 12.0. The predicted octanol–water partition coefficient (Wildman–Crippen LogP) is 4.78. The van der Waals surface area contributed by atoms with Gasteiger partial charge in [-0.1, -0.05) is 42.5 Å². The second-order valence-electron chi connectivity index (χ2n) is 4.80. The van der Waals surface area contributed by atoms with Gasteiger partial charge < -0.3 is 10.1 Å². The zero-order valence-electron chi connectivity index (χ0n) is 12.6. The molecule has 0 atom stereocenters. The largest absolute Gasteiger partial charge is 0.489 e. The molecule has 0 radical (unpaired) electrons. The molecule has 1 N–H and O–H groups in total. The van der Waals surface area contributed by atoms with Crippen LogP contribution in [0.5, 0.6) is 5.75 Å². The van der Waals surface area contributed by atoms with Crippen molar-refractivity contribution >= 4 is 35.0 Å². The van der Waals surface area contributed by atoms with Crippen molar-refractivity contribution in [2.45, 2.75) is 5.75 Å². The second kappa shape index (κ2) is 9.28. The highest BCUT2D eigenvalue weighted by atomic mass is 35.5. The minimum Gasteiger partial charge on any atom is -0.489 e. The van der Waals surface area contributed by atoms with E-state index in [1.54, 1.807) is 23.9 Å². The van der Waals surface area contributed by atoms with Crippen LogP contribution in [0, 0.1) is 0 Å². The van der Waals surface area contributed by atoms with Crippen molar-refractivity contribution in [3.63, 3.8) is 0 Å². The zero-order chi connectivity index (χ0) is 16.5. The lowest BCUT2D eigenvalue weighted by Gasteiger charge is -2.08. The van der Waals surface area contributed by atoms with Crippen molar-refractivity contribution < 1.29 is 9.53 Å². The van der Waals surface area contributed by atoms with Crippen LogP contribution in [0.3, 0.4) is 0 Å². The number of ether oxygens (including phenoxy) is 1. The minimum absolute atomic E-state index is 0.0436. The average Bonchev–Trinajstić information content (AvgIpc) is 2.53. The number of rotatable bonds is 8. The van der Waals surface area contributed by atoms with Gasteiger partial charge in [0, 0.05) is 22.5 Å². The fraction of sp³-hybridized carbons (Fsp3) is 0.167. The molecule has 2 rings (SSSR count). The highest BCUT2D eigenvalue weighted by Crippen LogP contribution is 2.19. The lowest BCUT2D eigenvalue weighted by atomic mass is 10.2. The van der Waals surface area contributed by atoms with Gasteiger partial charge in [0.1, 0.15) is 12.4 Å². The van der Waals surface area contributed by atoms with Crippen LogP contribution in [-0.4, -0.2) is 18.3 Å². The van der Waals surface area contributed by atoms with E-state index in [0.717, 1.165) is 17.0 Å². The number of nitrogens with one attached hydrogen (secondary N) is 1. The number of hydrogen-bond acceptors (Lipinski definition) is 3. The van der Waals surface area contributed by atoms with Gasteiger partial charge in [-0.05, 0) is 29.8 Å². The topological polar surface area (TPSA) is 38.3 Å². The Labute approximate surface area is 145 Å². The molecular weight excluding hydrogens is 330 g/mol. The smallest absolute Gasteiger partial charge is 0.234 e. The number of anilines is 1. The summed E-state index contributed by atoms with van der Waals surface area (Å²) in [7, 11) is 0. The van der Waals surface area contributed by atoms with Gasteiger partial charge in [-0.3, -0.25) is 4.79 Å². The molecule has 1 amide bonds. The molecule has 0 fully saturated rings. The third-order valence-electron chi connectivity index (χ3n) is 2.88. The summed E-state index contributed by atoms with van der Waals surface area (Å²) in [5, 5.41) is 3.58. The third-order valence-corrected chi connectivity index (χ3v) is 4.12. The van der Waals surface area contributed by atoms with Crippen LogP contribution in [0.25, 0.3) is 0 Å². The maximum atomic E-state index is 12.0. The molecule has 0 spiro atoms. The molecule has 0 aliphatic rings. The van der Waals surface area contributed by atoms with E-state index in [2.05, 4.69) is 11.9 Å². The van der Waals surface area contributed by atoms with Crippen LogP contribution in [0.1, 0.15) is 5.56 Å². The summed E-state index contributed by atoms with van der Waals surface area (Å²) < 4.78 is 5.44. The van der Waals surface area contributed by atoms with Crippen molar-refractivity contribution in [3.8, 4) is 5.75 Å². The van der Waals surface area contributed by atoms with Gasteiger partial charge in [-0.2, -0.15) is 0 Å². The van der Waals surface area contributed by atoms with Crippen LogP contribution in [-0.2, 0) is 10.5 Å². The van der Waals surface area contributed by atoms with Crippen LogP contribution in [0.15, 0.2) is 61.2 Å². The Balaban J connectivity index is 1.79. The molecule has 3 nitrogen and oxygen atoms in total. The van der Waals surface area contributed by atoms with Crippen LogP contribution in [0.2, 0.25) is 5.02 Å². The summed E-state index contributed by atoms with van der Waals surface area (Å²) in [6, 6.07) is 15.0. The highest BCUT2D eigenvalue weighted by molar-refractivity contribution is 7.99. The maximum Gasteiger partial charge on any atom is 0.234 e. The first-order valence-electron chi connectivity index (χ1n) is 7.13. The molecule has 23 heavy (non-hydrogen) atoms. The van der Waals surface area contributed by atoms with Crippen molar-refractivity contribution in [1.29, 1.82) is 0 Å². The van der Waals surface area contributed by atoms with Crippen LogP contribution < -0.4 is 10.1 Å². The molecule has 0 aliphatic carbocycles. The molecule has 0 heterocycles. The van der Waals surface area contributed by atoms with E-state index in [1.165, 1.54) is 0 Å². The van der Waals surface area contributed by atoms with Crippen molar-refractivity contribution in [2.75, 3.05) is 17.7 Å². The number of thioether (sulfide) groups is 1. The average molecular weight is 348 g/mol. The van der Waals surface area contributed by atoms with Gasteiger partial charge in [0.25, 0.3) is 0 Å². The molecule has 0 aliphatic heterocycles. The van der Waals surface area contributed by atoms with Gasteiger partial charge >= 0.3 is 0 Å². The lowest BCUT2D eigenvalue weighted by molar-refractivity contribution is -0.113. The van der Waals surface area contributed by atoms with Crippen molar-refractivity contribution in [3.05, 3.63) is 71.8 Å². The zero-order valence-corrected chi connectivity index (χ0v) is 14.2. The van der Waals surface area contributed by atoms with Crippen LogP contribution >= 0.6 is 23.4 Å². The highest BCUT2D eigenvalue weighted by Gasteiger charge is 2.04. The van der Waals surface area contributed by atoms with E-state index < -0.39 is 0 Å². The molecule has 0 aromatic heterocycles. The van der Waals surface area contributed by atoms with Gasteiger partial charge in [0.2, 0.25) is 5.91 Å². The summed E-state index contributed by atoms with van der Waals surface area (Å²) in [6.07, 6.45) is 1.68. The normalized spacial score (nSPS) is 10.1. The number of amides is 1. The van der Waals surface area contributed by atoms with Crippen molar-refractivity contribution in [2.24, 2.45) is 0 Å². The van der Waals surface area contributed by atoms with Crippen LogP contribution in [0.4, 0.5) is 5.69 Å². The Bertz CT molecular complexity index is 676. The molecule has 2 aromatic carbocycles. The summed E-state index contributed by atoms with van der Waals surface area (Å²) >= 11 is 7.48. The number of halogens is 1. The first-order chi connectivity index (χ1) is 11.2. The van der Waals surface area contributed by atoms with Gasteiger partial charge in [-0.15, -0.1) is 11.8 Å². The molecule has 0 bridgehead atoms. The molecule has 5 heteroatoms. The fourth-order valence-electron chi connectivity index (χ4n) is 1.90. The monoisotopic (exact) mass is 347 g/mol. The molecular formula is C18H18ClNO2S. The Morgan fingerprint density at radius 3 is 2.87 bits per heavy atom. The van der Waals surface area contributed by atoms with E-state index in [-0.39, 0.29) is 5.91 Å². The van der Waals surface area contributed by atoms with E-state index in [9.17, 15) is 4.79 Å². The van der Waals surface area contributed by atoms with E-state index in [1.807, 2.05) is 42.5 Å². The van der Waals surface area contributed by atoms with Gasteiger partial charge in [0.05, 0.1) is 5.75 Å². The van der Waals surface area contributed by atoms with Gasteiger partial charge in [-0.25, -0.2) is 0 Å². The quantitative estimate of drug-likeness (QED) is 0.698. The summed E-state index contributed by atoms with van der Waals surface area (Å²) in [4.78, 5) is 12.0. The van der Waals surface area contributed by atoms with Crippen molar-refractivity contribution in [1.82, 2.24) is 0 Å². The Morgan fingerprint density at radius 1 is 1.26 bits per heavy atom. The SMILES string of the molecule is C=CCOc1cccc(NC(=O)CSCc2cccc(Cl)c2)c1. The minimum atomic E-state index is -0.0436. The molecule has 120 valence electrons. The summed E-state index contributed by atoms with van der Waals surface area (Å²) in [5.41, 5.74) is 1.83. The second-order valence-corrected chi connectivity index (χ2v) is 6.22. The van der Waals surface area contributed by atoms with E-state index >= 15 is 0 Å². The third kappa shape index (κ3) is 6.38. The Hall–Kier alpha value is -1.91. The fourth-order valence-corrected chi connectivity index (χ4v) is 2.89. The van der Waals surface area contributed by atoms with E-state index in [4.69, 9.17) is 16.3 Å². The lowest BCUT2D eigenvalue weighted by Crippen LogP contribution is -2.14. The predicted molar refractivity (Wildman–Crippen MR) is 98.4 cm³/mol. The Kier molecular flexibility index (Phi) is 7.04. The number of benzene rings is 2. The number of carbonyl (C=O) groups is 1.